The lowest BCUT2D eigenvalue weighted by Crippen LogP contribution is -2.21. The zero-order valence-electron chi connectivity index (χ0n) is 13.0. The molecule has 0 aliphatic rings. The van der Waals surface area contributed by atoms with E-state index < -0.39 is 0 Å². The van der Waals surface area contributed by atoms with Crippen LogP contribution in [0.25, 0.3) is 16.8 Å². The van der Waals surface area contributed by atoms with Crippen molar-refractivity contribution in [1.82, 2.24) is 14.6 Å². The third kappa shape index (κ3) is 2.23. The highest BCUT2D eigenvalue weighted by Crippen LogP contribution is 2.27. The van der Waals surface area contributed by atoms with Gasteiger partial charge in [-0.2, -0.15) is 0 Å². The molecule has 0 atom stereocenters. The maximum Gasteiger partial charge on any atom is 0.276 e. The predicted octanol–water partition coefficient (Wildman–Crippen LogP) is 2.71. The lowest BCUT2D eigenvalue weighted by molar-refractivity contribution is 0.181. The van der Waals surface area contributed by atoms with Crippen LogP contribution in [0.3, 0.4) is 0 Å². The molecule has 5 nitrogen and oxygen atoms in total. The number of ether oxygens (including phenoxy) is 1. The summed E-state index contributed by atoms with van der Waals surface area (Å²) in [7, 11) is 1.64. The number of benzene rings is 1. The molecule has 0 unspecified atom stereocenters. The second-order valence-corrected chi connectivity index (χ2v) is 5.26. The van der Waals surface area contributed by atoms with Crippen molar-refractivity contribution >= 4 is 5.65 Å². The van der Waals surface area contributed by atoms with Crippen LogP contribution in [0.5, 0.6) is 0 Å². The van der Waals surface area contributed by atoms with E-state index in [0.717, 1.165) is 28.1 Å². The standard InChI is InChI=1S/C17H19N3O2/c1-4-13-11(2)18-16-15(12-8-6-5-7-9-12)14(10-22-3)19-20(16)17(13)21/h5-9,19H,4,10H2,1-3H3. The summed E-state index contributed by atoms with van der Waals surface area (Å²) >= 11 is 0. The van der Waals surface area contributed by atoms with Gasteiger partial charge in [0.25, 0.3) is 5.56 Å². The van der Waals surface area contributed by atoms with E-state index in [4.69, 9.17) is 4.74 Å². The SMILES string of the molecule is CCc1c(C)nc2c(-c3ccccc3)c(COC)[nH]n2c1=O. The van der Waals surface area contributed by atoms with Gasteiger partial charge in [-0.3, -0.25) is 9.89 Å². The van der Waals surface area contributed by atoms with Crippen LogP contribution in [0.4, 0.5) is 0 Å². The lowest BCUT2D eigenvalue weighted by atomic mass is 10.1. The molecule has 1 N–H and O–H groups in total. The van der Waals surface area contributed by atoms with Crippen LogP contribution in [0.2, 0.25) is 0 Å². The summed E-state index contributed by atoms with van der Waals surface area (Å²) in [5, 5.41) is 3.15. The highest BCUT2D eigenvalue weighted by atomic mass is 16.5. The summed E-state index contributed by atoms with van der Waals surface area (Å²) in [5.41, 5.74) is 4.93. The van der Waals surface area contributed by atoms with Crippen molar-refractivity contribution in [2.24, 2.45) is 0 Å². The third-order valence-corrected chi connectivity index (χ3v) is 3.86. The van der Waals surface area contributed by atoms with Gasteiger partial charge in [0, 0.05) is 23.9 Å². The molecule has 0 bridgehead atoms. The number of H-pyrrole nitrogens is 1. The number of hydrogen-bond donors (Lipinski definition) is 1. The number of aromatic nitrogens is 3. The van der Waals surface area contributed by atoms with Gasteiger partial charge in [0.15, 0.2) is 5.65 Å². The van der Waals surface area contributed by atoms with E-state index >= 15 is 0 Å². The number of aromatic amines is 1. The van der Waals surface area contributed by atoms with Crippen LogP contribution in [0.1, 0.15) is 23.9 Å². The number of nitrogens with zero attached hydrogens (tertiary/aromatic N) is 2. The first-order valence-corrected chi connectivity index (χ1v) is 7.34. The Balaban J connectivity index is 2.39. The quantitative estimate of drug-likeness (QED) is 0.805. The van der Waals surface area contributed by atoms with Gasteiger partial charge < -0.3 is 4.74 Å². The van der Waals surface area contributed by atoms with Crippen LogP contribution >= 0.6 is 0 Å². The molecule has 0 aliphatic carbocycles. The minimum Gasteiger partial charge on any atom is -0.378 e. The second kappa shape index (κ2) is 5.77. The molecule has 0 aliphatic heterocycles. The zero-order valence-corrected chi connectivity index (χ0v) is 13.0. The number of hydrogen-bond acceptors (Lipinski definition) is 3. The molecular weight excluding hydrogens is 278 g/mol. The molecule has 5 heteroatoms. The maximum atomic E-state index is 12.6. The fraction of sp³-hybridized carbons (Fsp3) is 0.294. The van der Waals surface area contributed by atoms with Crippen molar-refractivity contribution in [3.63, 3.8) is 0 Å². The van der Waals surface area contributed by atoms with Crippen molar-refractivity contribution in [2.45, 2.75) is 26.9 Å². The van der Waals surface area contributed by atoms with Gasteiger partial charge in [-0.1, -0.05) is 37.3 Å². The predicted molar refractivity (Wildman–Crippen MR) is 86.1 cm³/mol. The largest absolute Gasteiger partial charge is 0.378 e. The van der Waals surface area contributed by atoms with Gasteiger partial charge in [-0.15, -0.1) is 0 Å². The Kier molecular flexibility index (Phi) is 3.81. The van der Waals surface area contributed by atoms with E-state index in [0.29, 0.717) is 18.7 Å². The van der Waals surface area contributed by atoms with Gasteiger partial charge in [-0.05, 0) is 18.9 Å². The van der Waals surface area contributed by atoms with Crippen molar-refractivity contribution in [1.29, 1.82) is 0 Å². The minimum absolute atomic E-state index is 0.0375. The van der Waals surface area contributed by atoms with Crippen molar-refractivity contribution in [3.05, 3.63) is 57.6 Å². The van der Waals surface area contributed by atoms with Crippen LogP contribution < -0.4 is 5.56 Å². The monoisotopic (exact) mass is 297 g/mol. The normalized spacial score (nSPS) is 11.2. The van der Waals surface area contributed by atoms with Crippen molar-refractivity contribution < 1.29 is 4.74 Å². The van der Waals surface area contributed by atoms with E-state index in [1.54, 1.807) is 7.11 Å². The van der Waals surface area contributed by atoms with Crippen LogP contribution in [0.15, 0.2) is 35.1 Å². The molecule has 22 heavy (non-hydrogen) atoms. The zero-order chi connectivity index (χ0) is 15.7. The molecule has 0 amide bonds. The van der Waals surface area contributed by atoms with E-state index in [1.165, 1.54) is 4.52 Å². The molecule has 0 fully saturated rings. The van der Waals surface area contributed by atoms with E-state index in [2.05, 4.69) is 10.1 Å². The van der Waals surface area contributed by atoms with Crippen LogP contribution in [-0.4, -0.2) is 21.7 Å². The molecule has 114 valence electrons. The molecule has 3 rings (SSSR count). The molecule has 1 aromatic carbocycles. The van der Waals surface area contributed by atoms with Gasteiger partial charge >= 0.3 is 0 Å². The molecular formula is C17H19N3O2. The molecule has 0 saturated heterocycles. The van der Waals surface area contributed by atoms with Gasteiger partial charge in [-0.25, -0.2) is 9.50 Å². The average molecular weight is 297 g/mol. The fourth-order valence-corrected chi connectivity index (χ4v) is 2.82. The molecule has 2 heterocycles. The number of aryl methyl sites for hydroxylation is 1. The molecule has 0 spiro atoms. The first-order chi connectivity index (χ1) is 10.7. The summed E-state index contributed by atoms with van der Waals surface area (Å²) in [6.07, 6.45) is 0.667. The number of fused-ring (bicyclic) bond motifs is 1. The topological polar surface area (TPSA) is 59.4 Å². The highest BCUT2D eigenvalue weighted by molar-refractivity contribution is 5.80. The maximum absolute atomic E-state index is 12.6. The highest BCUT2D eigenvalue weighted by Gasteiger charge is 2.18. The fourth-order valence-electron chi connectivity index (χ4n) is 2.82. The van der Waals surface area contributed by atoms with E-state index in [-0.39, 0.29) is 5.56 Å². The van der Waals surface area contributed by atoms with Crippen molar-refractivity contribution in [2.75, 3.05) is 7.11 Å². The van der Waals surface area contributed by atoms with Crippen molar-refractivity contribution in [3.8, 4) is 11.1 Å². The smallest absolute Gasteiger partial charge is 0.276 e. The van der Waals surface area contributed by atoms with Gasteiger partial charge in [0.2, 0.25) is 0 Å². The lowest BCUT2D eigenvalue weighted by Gasteiger charge is -2.04. The first kappa shape index (κ1) is 14.5. The Hall–Kier alpha value is -2.40. The summed E-state index contributed by atoms with van der Waals surface area (Å²) in [4.78, 5) is 17.3. The van der Waals surface area contributed by atoms with Crippen LogP contribution in [-0.2, 0) is 17.8 Å². The summed E-state index contributed by atoms with van der Waals surface area (Å²) in [6, 6.07) is 9.94. The second-order valence-electron chi connectivity index (χ2n) is 5.26. The van der Waals surface area contributed by atoms with Crippen LogP contribution in [0, 0.1) is 6.92 Å². The Morgan fingerprint density at radius 1 is 1.27 bits per heavy atom. The summed E-state index contributed by atoms with van der Waals surface area (Å²) in [5.74, 6) is 0. The van der Waals surface area contributed by atoms with E-state index in [1.807, 2.05) is 44.2 Å². The first-order valence-electron chi connectivity index (χ1n) is 7.34. The molecule has 3 aromatic rings. The molecule has 0 saturated carbocycles. The summed E-state index contributed by atoms with van der Waals surface area (Å²) < 4.78 is 6.80. The summed E-state index contributed by atoms with van der Waals surface area (Å²) in [6.45, 7) is 4.25. The number of rotatable bonds is 4. The molecule has 0 radical (unpaired) electrons. The van der Waals surface area contributed by atoms with Gasteiger partial charge in [0.05, 0.1) is 12.3 Å². The Bertz CT molecular complexity index is 863. The Labute approximate surface area is 128 Å². The minimum atomic E-state index is -0.0375. The third-order valence-electron chi connectivity index (χ3n) is 3.86. The number of methoxy groups -OCH3 is 1. The molecule has 2 aromatic heterocycles. The van der Waals surface area contributed by atoms with E-state index in [9.17, 15) is 4.79 Å². The Morgan fingerprint density at radius 2 is 2.00 bits per heavy atom. The average Bonchev–Trinajstić information content (AvgIpc) is 2.87. The Morgan fingerprint density at radius 3 is 2.64 bits per heavy atom. The van der Waals surface area contributed by atoms with Gasteiger partial charge in [0.1, 0.15) is 0 Å². The number of nitrogens with one attached hydrogen (secondary N) is 1.